The molecule has 8 nitrogen and oxygen atoms in total. The molecule has 0 unspecified atom stereocenters. The standard InChI is InChI=1S/C21H25N5O3/c1-14-7-4-5-9-16(14)19-22-18(29-24-19)11-15-8-6-10-26(12-15)21(27)17-13-25(2)23-20(17)28-3/h4-5,7,9,13,15H,6,8,10-12H2,1-3H3/t15-/m1/s1. The van der Waals surface area contributed by atoms with E-state index in [-0.39, 0.29) is 11.8 Å². The molecule has 1 amide bonds. The van der Waals surface area contributed by atoms with Gasteiger partial charge in [-0.05, 0) is 31.2 Å². The molecule has 29 heavy (non-hydrogen) atoms. The highest BCUT2D eigenvalue weighted by Gasteiger charge is 2.29. The first-order valence-electron chi connectivity index (χ1n) is 9.80. The number of carbonyl (C=O) groups excluding carboxylic acids is 1. The summed E-state index contributed by atoms with van der Waals surface area (Å²) >= 11 is 0. The predicted octanol–water partition coefficient (Wildman–Crippen LogP) is 2.88. The van der Waals surface area contributed by atoms with Gasteiger partial charge in [-0.25, -0.2) is 0 Å². The molecular formula is C21H25N5O3. The third-order valence-corrected chi connectivity index (χ3v) is 5.34. The summed E-state index contributed by atoms with van der Waals surface area (Å²) < 4.78 is 12.3. The van der Waals surface area contributed by atoms with Crippen molar-refractivity contribution in [2.24, 2.45) is 13.0 Å². The lowest BCUT2D eigenvalue weighted by atomic mass is 9.94. The molecule has 3 heterocycles. The third kappa shape index (κ3) is 4.01. The molecule has 1 aliphatic rings. The smallest absolute Gasteiger partial charge is 0.260 e. The zero-order valence-corrected chi connectivity index (χ0v) is 17.0. The summed E-state index contributed by atoms with van der Waals surface area (Å²) in [4.78, 5) is 19.4. The van der Waals surface area contributed by atoms with Gasteiger partial charge in [-0.3, -0.25) is 9.48 Å². The molecule has 0 spiro atoms. The molecule has 0 aliphatic carbocycles. The zero-order chi connectivity index (χ0) is 20.4. The second kappa shape index (κ2) is 8.06. The molecular weight excluding hydrogens is 370 g/mol. The average molecular weight is 395 g/mol. The van der Waals surface area contributed by atoms with Crippen molar-refractivity contribution in [3.05, 3.63) is 47.5 Å². The fraction of sp³-hybridized carbons (Fsp3) is 0.429. The Morgan fingerprint density at radius 1 is 1.34 bits per heavy atom. The summed E-state index contributed by atoms with van der Waals surface area (Å²) in [6.45, 7) is 3.41. The molecule has 4 rings (SSSR count). The quantitative estimate of drug-likeness (QED) is 0.660. The maximum absolute atomic E-state index is 13.0. The lowest BCUT2D eigenvalue weighted by Crippen LogP contribution is -2.40. The van der Waals surface area contributed by atoms with Crippen LogP contribution in [0.5, 0.6) is 5.88 Å². The second-order valence-corrected chi connectivity index (χ2v) is 7.52. The van der Waals surface area contributed by atoms with Gasteiger partial charge in [0, 0.05) is 38.3 Å². The van der Waals surface area contributed by atoms with Gasteiger partial charge in [-0.15, -0.1) is 5.10 Å². The number of nitrogens with zero attached hydrogens (tertiary/aromatic N) is 5. The lowest BCUT2D eigenvalue weighted by Gasteiger charge is -2.32. The summed E-state index contributed by atoms with van der Waals surface area (Å²) in [6, 6.07) is 7.98. The van der Waals surface area contributed by atoms with Crippen LogP contribution in [0.1, 0.15) is 34.7 Å². The van der Waals surface area contributed by atoms with Crippen LogP contribution in [0.3, 0.4) is 0 Å². The molecule has 3 aromatic rings. The Kier molecular flexibility index (Phi) is 5.33. The summed E-state index contributed by atoms with van der Waals surface area (Å²) in [5.41, 5.74) is 2.58. The summed E-state index contributed by atoms with van der Waals surface area (Å²) in [7, 11) is 3.31. The van der Waals surface area contributed by atoms with E-state index < -0.39 is 0 Å². The Morgan fingerprint density at radius 3 is 2.97 bits per heavy atom. The minimum absolute atomic E-state index is 0.0502. The molecule has 1 aromatic carbocycles. The largest absolute Gasteiger partial charge is 0.479 e. The fourth-order valence-electron chi connectivity index (χ4n) is 3.87. The van der Waals surface area contributed by atoms with Gasteiger partial charge in [-0.1, -0.05) is 29.4 Å². The van der Waals surface area contributed by atoms with E-state index in [0.717, 1.165) is 30.5 Å². The highest BCUT2D eigenvalue weighted by molar-refractivity contribution is 5.96. The van der Waals surface area contributed by atoms with Crippen molar-refractivity contribution in [3.63, 3.8) is 0 Å². The molecule has 1 fully saturated rings. The Hall–Kier alpha value is -3.16. The molecule has 0 saturated carbocycles. The van der Waals surface area contributed by atoms with Crippen molar-refractivity contribution in [1.82, 2.24) is 24.8 Å². The van der Waals surface area contributed by atoms with Gasteiger partial charge < -0.3 is 14.2 Å². The number of ether oxygens (including phenoxy) is 1. The van der Waals surface area contributed by atoms with Crippen molar-refractivity contribution in [1.29, 1.82) is 0 Å². The van der Waals surface area contributed by atoms with Crippen molar-refractivity contribution >= 4 is 5.91 Å². The Balaban J connectivity index is 1.44. The predicted molar refractivity (Wildman–Crippen MR) is 107 cm³/mol. The molecule has 8 heteroatoms. The van der Waals surface area contributed by atoms with Crippen LogP contribution in [-0.4, -0.2) is 50.9 Å². The molecule has 0 radical (unpaired) electrons. The zero-order valence-electron chi connectivity index (χ0n) is 17.0. The SMILES string of the molecule is COc1nn(C)cc1C(=O)N1CCC[C@H](Cc2nc(-c3ccccc3C)no2)C1. The molecule has 152 valence electrons. The summed E-state index contributed by atoms with van der Waals surface area (Å²) in [6.07, 6.45) is 4.33. The van der Waals surface area contributed by atoms with E-state index in [4.69, 9.17) is 9.26 Å². The van der Waals surface area contributed by atoms with Crippen LogP contribution in [0.2, 0.25) is 0 Å². The summed E-state index contributed by atoms with van der Waals surface area (Å²) in [5, 5.41) is 8.33. The number of methoxy groups -OCH3 is 1. The van der Waals surface area contributed by atoms with E-state index in [1.54, 1.807) is 17.9 Å². The first-order chi connectivity index (χ1) is 14.0. The molecule has 1 saturated heterocycles. The van der Waals surface area contributed by atoms with Crippen LogP contribution in [0.15, 0.2) is 35.0 Å². The monoisotopic (exact) mass is 395 g/mol. The molecule has 0 N–H and O–H groups in total. The second-order valence-electron chi connectivity index (χ2n) is 7.52. The van der Waals surface area contributed by atoms with Gasteiger partial charge in [-0.2, -0.15) is 4.98 Å². The summed E-state index contributed by atoms with van der Waals surface area (Å²) in [5.74, 6) is 1.81. The van der Waals surface area contributed by atoms with Gasteiger partial charge in [0.1, 0.15) is 5.56 Å². The number of carbonyl (C=O) groups is 1. The van der Waals surface area contributed by atoms with E-state index in [9.17, 15) is 4.79 Å². The first-order valence-corrected chi connectivity index (χ1v) is 9.80. The van der Waals surface area contributed by atoms with Gasteiger partial charge in [0.15, 0.2) is 0 Å². The van der Waals surface area contributed by atoms with E-state index in [1.165, 1.54) is 7.11 Å². The van der Waals surface area contributed by atoms with Gasteiger partial charge >= 0.3 is 0 Å². The van der Waals surface area contributed by atoms with Crippen LogP contribution in [-0.2, 0) is 13.5 Å². The Morgan fingerprint density at radius 2 is 2.17 bits per heavy atom. The number of hydrogen-bond donors (Lipinski definition) is 0. The highest BCUT2D eigenvalue weighted by atomic mass is 16.5. The Labute approximate surface area is 169 Å². The maximum Gasteiger partial charge on any atom is 0.260 e. The first kappa shape index (κ1) is 19.2. The van der Waals surface area contributed by atoms with Crippen molar-refractivity contribution in [2.45, 2.75) is 26.2 Å². The van der Waals surface area contributed by atoms with Gasteiger partial charge in [0.05, 0.1) is 7.11 Å². The van der Waals surface area contributed by atoms with Crippen molar-refractivity contribution < 1.29 is 14.1 Å². The van der Waals surface area contributed by atoms with Crippen molar-refractivity contribution in [2.75, 3.05) is 20.2 Å². The van der Waals surface area contributed by atoms with Crippen LogP contribution < -0.4 is 4.74 Å². The maximum atomic E-state index is 13.0. The number of hydrogen-bond acceptors (Lipinski definition) is 6. The topological polar surface area (TPSA) is 86.3 Å². The van der Waals surface area contributed by atoms with Gasteiger partial charge in [0.25, 0.3) is 5.91 Å². The van der Waals surface area contributed by atoms with Crippen LogP contribution in [0, 0.1) is 12.8 Å². The van der Waals surface area contributed by atoms with E-state index in [2.05, 4.69) is 15.2 Å². The normalized spacial score (nSPS) is 16.8. The minimum Gasteiger partial charge on any atom is -0.479 e. The number of aromatic nitrogens is 4. The number of rotatable bonds is 5. The lowest BCUT2D eigenvalue weighted by molar-refractivity contribution is 0.0664. The number of piperidine rings is 1. The highest BCUT2D eigenvalue weighted by Crippen LogP contribution is 2.26. The number of amides is 1. The van der Waals surface area contributed by atoms with Crippen molar-refractivity contribution in [3.8, 4) is 17.3 Å². The fourth-order valence-corrected chi connectivity index (χ4v) is 3.87. The van der Waals surface area contributed by atoms with Crippen LogP contribution in [0.4, 0.5) is 0 Å². The van der Waals surface area contributed by atoms with E-state index >= 15 is 0 Å². The average Bonchev–Trinajstić information content (AvgIpc) is 3.34. The molecule has 1 aliphatic heterocycles. The molecule has 0 bridgehead atoms. The van der Waals surface area contributed by atoms with E-state index in [0.29, 0.717) is 36.1 Å². The molecule has 1 atom stereocenters. The van der Waals surface area contributed by atoms with Gasteiger partial charge in [0.2, 0.25) is 17.6 Å². The van der Waals surface area contributed by atoms with Crippen LogP contribution >= 0.6 is 0 Å². The Bertz CT molecular complexity index is 1010. The third-order valence-electron chi connectivity index (χ3n) is 5.34. The van der Waals surface area contributed by atoms with Crippen LogP contribution in [0.25, 0.3) is 11.4 Å². The number of likely N-dealkylation sites (tertiary alicyclic amines) is 1. The number of benzene rings is 1. The number of aryl methyl sites for hydroxylation is 2. The minimum atomic E-state index is -0.0502. The molecule has 2 aromatic heterocycles. The van der Waals surface area contributed by atoms with E-state index in [1.807, 2.05) is 36.1 Å².